The van der Waals surface area contributed by atoms with Gasteiger partial charge in [0.15, 0.2) is 0 Å². The van der Waals surface area contributed by atoms with Crippen molar-refractivity contribution in [3.8, 4) is 11.5 Å². The first-order valence-corrected chi connectivity index (χ1v) is 8.03. The van der Waals surface area contributed by atoms with Crippen LogP contribution in [0.15, 0.2) is 56.1 Å². The normalized spacial score (nSPS) is 10.6. The zero-order chi connectivity index (χ0) is 18.0. The van der Waals surface area contributed by atoms with Crippen molar-refractivity contribution in [2.45, 2.75) is 6.61 Å². The van der Waals surface area contributed by atoms with Crippen molar-refractivity contribution in [3.63, 3.8) is 0 Å². The van der Waals surface area contributed by atoms with E-state index in [-0.39, 0.29) is 17.9 Å². The Hall–Kier alpha value is -2.80. The Labute approximate surface area is 150 Å². The molecule has 1 heterocycles. The van der Waals surface area contributed by atoms with Crippen LogP contribution < -0.4 is 10.4 Å². The number of benzene rings is 2. The van der Waals surface area contributed by atoms with Crippen LogP contribution in [0.5, 0.6) is 11.5 Å². The highest BCUT2D eigenvalue weighted by atomic mass is 79.9. The standard InChI is InChI=1S/C18H13BrO6/c1-23-12-3-4-13-10(6-17(21)25-16(13)8-12)9-24-18(22)14-7-11(19)2-5-15(14)20/h2-8,20H,9H2,1H3. The van der Waals surface area contributed by atoms with E-state index in [4.69, 9.17) is 13.9 Å². The molecule has 0 radical (unpaired) electrons. The number of hydrogen-bond acceptors (Lipinski definition) is 6. The van der Waals surface area contributed by atoms with E-state index in [9.17, 15) is 14.7 Å². The number of carbonyl (C=O) groups is 1. The molecule has 25 heavy (non-hydrogen) atoms. The maximum atomic E-state index is 12.2. The van der Waals surface area contributed by atoms with E-state index in [2.05, 4.69) is 15.9 Å². The first-order valence-electron chi connectivity index (χ1n) is 7.24. The van der Waals surface area contributed by atoms with Crippen LogP contribution in [0.1, 0.15) is 15.9 Å². The number of methoxy groups -OCH3 is 1. The van der Waals surface area contributed by atoms with Crippen molar-refractivity contribution < 1.29 is 23.8 Å². The lowest BCUT2D eigenvalue weighted by Gasteiger charge is -2.09. The maximum Gasteiger partial charge on any atom is 0.342 e. The average molecular weight is 405 g/mol. The molecule has 2 aromatic carbocycles. The molecule has 128 valence electrons. The quantitative estimate of drug-likeness (QED) is 0.527. The monoisotopic (exact) mass is 404 g/mol. The second-order valence-corrected chi connectivity index (χ2v) is 6.11. The number of carbonyl (C=O) groups excluding carboxylic acids is 1. The highest BCUT2D eigenvalue weighted by molar-refractivity contribution is 9.10. The highest BCUT2D eigenvalue weighted by Crippen LogP contribution is 2.25. The third kappa shape index (κ3) is 3.66. The third-order valence-corrected chi connectivity index (χ3v) is 4.07. The van der Waals surface area contributed by atoms with Crippen LogP contribution in [0.4, 0.5) is 0 Å². The first kappa shape index (κ1) is 17.0. The molecule has 1 N–H and O–H groups in total. The van der Waals surface area contributed by atoms with Crippen molar-refractivity contribution in [1.29, 1.82) is 0 Å². The van der Waals surface area contributed by atoms with Gasteiger partial charge in [-0.05, 0) is 30.3 Å². The minimum Gasteiger partial charge on any atom is -0.507 e. The third-order valence-electron chi connectivity index (χ3n) is 3.57. The van der Waals surface area contributed by atoms with Crippen molar-refractivity contribution in [3.05, 3.63) is 68.5 Å². The SMILES string of the molecule is COc1ccc2c(COC(=O)c3cc(Br)ccc3O)cc(=O)oc2c1. The molecule has 7 heteroatoms. The minimum absolute atomic E-state index is 0.0308. The number of phenolic OH excluding ortho intramolecular Hbond substituents is 1. The number of hydrogen-bond donors (Lipinski definition) is 1. The largest absolute Gasteiger partial charge is 0.507 e. The van der Waals surface area contributed by atoms with Crippen molar-refractivity contribution >= 4 is 32.9 Å². The number of fused-ring (bicyclic) bond motifs is 1. The molecule has 0 unspecified atom stereocenters. The zero-order valence-electron chi connectivity index (χ0n) is 13.1. The summed E-state index contributed by atoms with van der Waals surface area (Å²) in [5.74, 6) is -0.340. The van der Waals surface area contributed by atoms with Crippen molar-refractivity contribution in [1.82, 2.24) is 0 Å². The van der Waals surface area contributed by atoms with Gasteiger partial charge in [-0.3, -0.25) is 0 Å². The molecule has 0 spiro atoms. The fourth-order valence-corrected chi connectivity index (χ4v) is 2.71. The lowest BCUT2D eigenvalue weighted by Crippen LogP contribution is -2.08. The molecule has 3 aromatic rings. The Morgan fingerprint density at radius 3 is 2.76 bits per heavy atom. The summed E-state index contributed by atoms with van der Waals surface area (Å²) in [6.07, 6.45) is 0. The van der Waals surface area contributed by atoms with Crippen molar-refractivity contribution in [2.75, 3.05) is 7.11 Å². The molecule has 0 aliphatic rings. The van der Waals surface area contributed by atoms with E-state index in [0.717, 1.165) is 0 Å². The Morgan fingerprint density at radius 2 is 2.00 bits per heavy atom. The van der Waals surface area contributed by atoms with E-state index in [0.29, 0.717) is 26.8 Å². The Balaban J connectivity index is 1.89. The van der Waals surface area contributed by atoms with Gasteiger partial charge < -0.3 is 19.0 Å². The van der Waals surface area contributed by atoms with Gasteiger partial charge >= 0.3 is 11.6 Å². The second-order valence-electron chi connectivity index (χ2n) is 5.19. The second kappa shape index (κ2) is 6.98. The zero-order valence-corrected chi connectivity index (χ0v) is 14.7. The Kier molecular flexibility index (Phi) is 4.76. The number of aromatic hydroxyl groups is 1. The fourth-order valence-electron chi connectivity index (χ4n) is 2.35. The van der Waals surface area contributed by atoms with Gasteiger partial charge in [0.05, 0.1) is 7.11 Å². The van der Waals surface area contributed by atoms with Gasteiger partial charge in [0.1, 0.15) is 29.3 Å². The summed E-state index contributed by atoms with van der Waals surface area (Å²) < 4.78 is 16.1. The fraction of sp³-hybridized carbons (Fsp3) is 0.111. The smallest absolute Gasteiger partial charge is 0.342 e. The molecule has 0 aliphatic heterocycles. The summed E-state index contributed by atoms with van der Waals surface area (Å²) in [4.78, 5) is 23.9. The van der Waals surface area contributed by atoms with Crippen LogP contribution in [-0.2, 0) is 11.3 Å². The highest BCUT2D eigenvalue weighted by Gasteiger charge is 2.15. The molecule has 0 saturated carbocycles. The summed E-state index contributed by atoms with van der Waals surface area (Å²) in [7, 11) is 1.51. The van der Waals surface area contributed by atoms with E-state index in [1.54, 1.807) is 24.3 Å². The molecule has 0 atom stereocenters. The van der Waals surface area contributed by atoms with E-state index < -0.39 is 11.6 Å². The summed E-state index contributed by atoms with van der Waals surface area (Å²) in [6, 6.07) is 10.7. The first-order chi connectivity index (χ1) is 12.0. The van der Waals surface area contributed by atoms with Crippen LogP contribution in [0, 0.1) is 0 Å². The van der Waals surface area contributed by atoms with Crippen LogP contribution in [0.25, 0.3) is 11.0 Å². The molecule has 0 saturated heterocycles. The molecular weight excluding hydrogens is 392 g/mol. The van der Waals surface area contributed by atoms with E-state index in [1.807, 2.05) is 0 Å². The molecular formula is C18H13BrO6. The van der Waals surface area contributed by atoms with Gasteiger partial charge in [-0.2, -0.15) is 0 Å². The number of rotatable bonds is 4. The van der Waals surface area contributed by atoms with Crippen molar-refractivity contribution in [2.24, 2.45) is 0 Å². The summed E-state index contributed by atoms with van der Waals surface area (Å²) >= 11 is 3.23. The molecule has 6 nitrogen and oxygen atoms in total. The summed E-state index contributed by atoms with van der Waals surface area (Å²) in [5.41, 5.74) is 0.306. The molecule has 0 bridgehead atoms. The lowest BCUT2D eigenvalue weighted by atomic mass is 10.1. The van der Waals surface area contributed by atoms with Crippen LogP contribution in [0.3, 0.4) is 0 Å². The van der Waals surface area contributed by atoms with Gasteiger partial charge in [0.2, 0.25) is 0 Å². The number of ether oxygens (including phenoxy) is 2. The van der Waals surface area contributed by atoms with Gasteiger partial charge in [-0.15, -0.1) is 0 Å². The number of phenols is 1. The molecule has 3 rings (SSSR count). The molecule has 0 amide bonds. The van der Waals surface area contributed by atoms with Gasteiger partial charge in [-0.25, -0.2) is 9.59 Å². The van der Waals surface area contributed by atoms with Crippen LogP contribution >= 0.6 is 15.9 Å². The Bertz CT molecular complexity index is 1010. The van der Waals surface area contributed by atoms with Crippen LogP contribution in [-0.4, -0.2) is 18.2 Å². The predicted octanol–water partition coefficient (Wildman–Crippen LogP) is 3.63. The predicted molar refractivity (Wildman–Crippen MR) is 94.0 cm³/mol. The lowest BCUT2D eigenvalue weighted by molar-refractivity contribution is 0.0470. The number of halogens is 1. The molecule has 1 aromatic heterocycles. The maximum absolute atomic E-state index is 12.2. The van der Waals surface area contributed by atoms with E-state index in [1.165, 1.54) is 25.3 Å². The summed E-state index contributed by atoms with van der Waals surface area (Å²) in [5, 5.41) is 10.4. The Morgan fingerprint density at radius 1 is 1.20 bits per heavy atom. The minimum atomic E-state index is -0.700. The number of esters is 1. The van der Waals surface area contributed by atoms with Gasteiger partial charge in [0, 0.05) is 27.6 Å². The van der Waals surface area contributed by atoms with Gasteiger partial charge in [-0.1, -0.05) is 15.9 Å². The summed E-state index contributed by atoms with van der Waals surface area (Å²) in [6.45, 7) is -0.140. The van der Waals surface area contributed by atoms with E-state index >= 15 is 0 Å². The van der Waals surface area contributed by atoms with Gasteiger partial charge in [0.25, 0.3) is 0 Å². The average Bonchev–Trinajstić information content (AvgIpc) is 2.60. The topological polar surface area (TPSA) is 86.0 Å². The van der Waals surface area contributed by atoms with Crippen LogP contribution in [0.2, 0.25) is 0 Å². The molecule has 0 fully saturated rings. The molecule has 0 aliphatic carbocycles.